The van der Waals surface area contributed by atoms with Gasteiger partial charge in [-0.1, -0.05) is 0 Å². The topological polar surface area (TPSA) is 78.4 Å². The van der Waals surface area contributed by atoms with Crippen LogP contribution in [0.3, 0.4) is 0 Å². The van der Waals surface area contributed by atoms with E-state index >= 15 is 0 Å². The van der Waals surface area contributed by atoms with Gasteiger partial charge in [0.1, 0.15) is 6.04 Å². The third-order valence-electron chi connectivity index (χ3n) is 1.21. The summed E-state index contributed by atoms with van der Waals surface area (Å²) in [5.41, 5.74) is -0.359. The molecular formula is C8H16N2O3. The van der Waals surface area contributed by atoms with Gasteiger partial charge >= 0.3 is 12.0 Å². The van der Waals surface area contributed by atoms with Gasteiger partial charge < -0.3 is 15.7 Å². The lowest BCUT2D eigenvalue weighted by Crippen LogP contribution is -2.50. The summed E-state index contributed by atoms with van der Waals surface area (Å²) in [5, 5.41) is 13.4. The highest BCUT2D eigenvalue weighted by Crippen LogP contribution is 1.97. The Morgan fingerprint density at radius 1 is 1.31 bits per heavy atom. The SMILES string of the molecule is CC(NC(=O)NC(C)(C)C)C(=O)O. The molecule has 0 aromatic heterocycles. The van der Waals surface area contributed by atoms with Gasteiger partial charge in [-0.15, -0.1) is 0 Å². The van der Waals surface area contributed by atoms with E-state index in [4.69, 9.17) is 5.11 Å². The molecule has 0 aromatic carbocycles. The van der Waals surface area contributed by atoms with Crippen LogP contribution in [0.25, 0.3) is 0 Å². The van der Waals surface area contributed by atoms with Crippen molar-refractivity contribution in [3.63, 3.8) is 0 Å². The second-order valence-corrected chi connectivity index (χ2v) is 3.91. The maximum atomic E-state index is 11.1. The molecule has 0 bridgehead atoms. The van der Waals surface area contributed by atoms with E-state index in [0.29, 0.717) is 0 Å². The molecular weight excluding hydrogens is 172 g/mol. The van der Waals surface area contributed by atoms with Gasteiger partial charge in [0.05, 0.1) is 0 Å². The van der Waals surface area contributed by atoms with Crippen molar-refractivity contribution in [1.82, 2.24) is 10.6 Å². The second-order valence-electron chi connectivity index (χ2n) is 3.91. The average molecular weight is 188 g/mol. The molecule has 1 unspecified atom stereocenters. The Hall–Kier alpha value is -1.26. The van der Waals surface area contributed by atoms with Gasteiger partial charge in [0, 0.05) is 5.54 Å². The maximum Gasteiger partial charge on any atom is 0.325 e. The third kappa shape index (κ3) is 5.95. The number of urea groups is 1. The van der Waals surface area contributed by atoms with Gasteiger partial charge in [0.2, 0.25) is 0 Å². The summed E-state index contributed by atoms with van der Waals surface area (Å²) in [5.74, 6) is -1.05. The molecule has 0 rings (SSSR count). The molecule has 3 N–H and O–H groups in total. The smallest absolute Gasteiger partial charge is 0.325 e. The lowest BCUT2D eigenvalue weighted by atomic mass is 10.1. The number of hydrogen-bond donors (Lipinski definition) is 3. The van der Waals surface area contributed by atoms with Crippen LogP contribution >= 0.6 is 0 Å². The highest BCUT2D eigenvalue weighted by molar-refractivity contribution is 5.82. The quantitative estimate of drug-likeness (QED) is 0.592. The highest BCUT2D eigenvalue weighted by Gasteiger charge is 2.17. The van der Waals surface area contributed by atoms with Gasteiger partial charge in [-0.2, -0.15) is 0 Å². The molecule has 0 aromatic rings. The van der Waals surface area contributed by atoms with Gasteiger partial charge in [0.25, 0.3) is 0 Å². The average Bonchev–Trinajstić information content (AvgIpc) is 1.81. The molecule has 0 aliphatic carbocycles. The molecule has 0 saturated carbocycles. The Kier molecular flexibility index (Phi) is 3.71. The Morgan fingerprint density at radius 3 is 2.08 bits per heavy atom. The second kappa shape index (κ2) is 4.11. The summed E-state index contributed by atoms with van der Waals surface area (Å²) in [6.07, 6.45) is 0. The molecule has 2 amide bonds. The van der Waals surface area contributed by atoms with Crippen molar-refractivity contribution in [2.24, 2.45) is 0 Å². The number of amides is 2. The zero-order valence-corrected chi connectivity index (χ0v) is 8.34. The minimum Gasteiger partial charge on any atom is -0.480 e. The first-order valence-electron chi connectivity index (χ1n) is 4.04. The summed E-state index contributed by atoms with van der Waals surface area (Å²) in [7, 11) is 0. The predicted octanol–water partition coefficient (Wildman–Crippen LogP) is 0.557. The fourth-order valence-corrected chi connectivity index (χ4v) is 0.635. The van der Waals surface area contributed by atoms with Crippen LogP contribution in [-0.4, -0.2) is 28.7 Å². The number of aliphatic carboxylic acids is 1. The summed E-state index contributed by atoms with van der Waals surface area (Å²) in [6, 6.07) is -1.34. The van der Waals surface area contributed by atoms with E-state index in [2.05, 4.69) is 10.6 Å². The minimum absolute atomic E-state index is 0.359. The Balaban J connectivity index is 3.96. The molecule has 0 heterocycles. The molecule has 1 atom stereocenters. The van der Waals surface area contributed by atoms with Crippen molar-refractivity contribution in [1.29, 1.82) is 0 Å². The van der Waals surface area contributed by atoms with Gasteiger partial charge in [-0.3, -0.25) is 4.79 Å². The van der Waals surface area contributed by atoms with E-state index in [-0.39, 0.29) is 5.54 Å². The van der Waals surface area contributed by atoms with E-state index in [9.17, 15) is 9.59 Å². The molecule has 0 saturated heterocycles. The number of carbonyl (C=O) groups excluding carboxylic acids is 1. The molecule has 5 nitrogen and oxygen atoms in total. The first-order valence-corrected chi connectivity index (χ1v) is 4.04. The monoisotopic (exact) mass is 188 g/mol. The van der Waals surface area contributed by atoms with Crippen molar-refractivity contribution in [3.05, 3.63) is 0 Å². The van der Waals surface area contributed by atoms with E-state index in [1.165, 1.54) is 6.92 Å². The van der Waals surface area contributed by atoms with Gasteiger partial charge in [0.15, 0.2) is 0 Å². The summed E-state index contributed by atoms with van der Waals surface area (Å²) < 4.78 is 0. The number of carboxylic acid groups (broad SMARTS) is 1. The van der Waals surface area contributed by atoms with Crippen molar-refractivity contribution in [3.8, 4) is 0 Å². The maximum absolute atomic E-state index is 11.1. The number of hydrogen-bond acceptors (Lipinski definition) is 2. The van der Waals surface area contributed by atoms with Crippen molar-refractivity contribution >= 4 is 12.0 Å². The normalized spacial score (nSPS) is 13.2. The largest absolute Gasteiger partial charge is 0.480 e. The first-order chi connectivity index (χ1) is 5.72. The van der Waals surface area contributed by atoms with E-state index in [0.717, 1.165) is 0 Å². The first kappa shape index (κ1) is 11.7. The molecule has 5 heteroatoms. The van der Waals surface area contributed by atoms with Crippen LogP contribution in [0, 0.1) is 0 Å². The van der Waals surface area contributed by atoms with Crippen molar-refractivity contribution in [2.45, 2.75) is 39.3 Å². The van der Waals surface area contributed by atoms with Crippen LogP contribution in [0.5, 0.6) is 0 Å². The minimum atomic E-state index is -1.05. The van der Waals surface area contributed by atoms with Crippen LogP contribution in [-0.2, 0) is 4.79 Å². The standard InChI is InChI=1S/C8H16N2O3/c1-5(6(11)12)9-7(13)10-8(2,3)4/h5H,1-4H3,(H,11,12)(H2,9,10,13). The van der Waals surface area contributed by atoms with Gasteiger partial charge in [-0.25, -0.2) is 4.79 Å². The molecule has 0 radical (unpaired) electrons. The molecule has 13 heavy (non-hydrogen) atoms. The lowest BCUT2D eigenvalue weighted by Gasteiger charge is -2.21. The molecule has 0 aliphatic heterocycles. The predicted molar refractivity (Wildman–Crippen MR) is 48.5 cm³/mol. The van der Waals surface area contributed by atoms with Crippen LogP contribution in [0.2, 0.25) is 0 Å². The van der Waals surface area contributed by atoms with Crippen molar-refractivity contribution in [2.75, 3.05) is 0 Å². The zero-order chi connectivity index (χ0) is 10.6. The van der Waals surface area contributed by atoms with Crippen LogP contribution < -0.4 is 10.6 Å². The van der Waals surface area contributed by atoms with E-state index in [1.807, 2.05) is 20.8 Å². The number of rotatable bonds is 2. The number of nitrogens with one attached hydrogen (secondary N) is 2. The Bertz CT molecular complexity index is 208. The summed E-state index contributed by atoms with van der Waals surface area (Å²) in [6.45, 7) is 6.86. The van der Waals surface area contributed by atoms with E-state index in [1.54, 1.807) is 0 Å². The van der Waals surface area contributed by atoms with Crippen LogP contribution in [0.4, 0.5) is 4.79 Å². The fraction of sp³-hybridized carbons (Fsp3) is 0.750. The Morgan fingerprint density at radius 2 is 1.77 bits per heavy atom. The van der Waals surface area contributed by atoms with Crippen LogP contribution in [0.15, 0.2) is 0 Å². The zero-order valence-electron chi connectivity index (χ0n) is 8.34. The Labute approximate surface area is 77.5 Å². The molecule has 0 fully saturated rings. The number of carbonyl (C=O) groups is 2. The summed E-state index contributed by atoms with van der Waals surface area (Å²) >= 11 is 0. The molecule has 0 aliphatic rings. The highest BCUT2D eigenvalue weighted by atomic mass is 16.4. The van der Waals surface area contributed by atoms with E-state index < -0.39 is 18.0 Å². The fourth-order valence-electron chi connectivity index (χ4n) is 0.635. The molecule has 76 valence electrons. The number of carboxylic acids is 1. The van der Waals surface area contributed by atoms with Crippen molar-refractivity contribution < 1.29 is 14.7 Å². The van der Waals surface area contributed by atoms with Crippen LogP contribution in [0.1, 0.15) is 27.7 Å². The lowest BCUT2D eigenvalue weighted by molar-refractivity contribution is -0.138. The third-order valence-corrected chi connectivity index (χ3v) is 1.21. The molecule has 0 spiro atoms. The van der Waals surface area contributed by atoms with Gasteiger partial charge in [-0.05, 0) is 27.7 Å². The summed E-state index contributed by atoms with van der Waals surface area (Å²) in [4.78, 5) is 21.4.